The SMILES string of the molecule is CNC(c1ccc(C)cc1)C(C)OCC(F)(F)F. The lowest BCUT2D eigenvalue weighted by molar-refractivity contribution is -0.186. The van der Waals surface area contributed by atoms with Crippen LogP contribution >= 0.6 is 0 Å². The third-order valence-electron chi connectivity index (χ3n) is 2.73. The standard InChI is InChI=1S/C13H18F3NO/c1-9-4-6-11(7-5-9)12(17-3)10(2)18-8-13(14,15)16/h4-7,10,12,17H,8H2,1-3H3. The van der Waals surface area contributed by atoms with Crippen molar-refractivity contribution in [3.8, 4) is 0 Å². The fraction of sp³-hybridized carbons (Fsp3) is 0.538. The largest absolute Gasteiger partial charge is 0.411 e. The first kappa shape index (κ1) is 15.0. The summed E-state index contributed by atoms with van der Waals surface area (Å²) in [4.78, 5) is 0. The number of halogens is 3. The van der Waals surface area contributed by atoms with E-state index in [1.807, 2.05) is 31.2 Å². The van der Waals surface area contributed by atoms with Gasteiger partial charge in [0, 0.05) is 0 Å². The van der Waals surface area contributed by atoms with Crippen molar-refractivity contribution >= 4 is 0 Å². The Bertz CT molecular complexity index is 361. The Labute approximate surface area is 105 Å². The second-order valence-electron chi connectivity index (χ2n) is 4.31. The van der Waals surface area contributed by atoms with Gasteiger partial charge in [-0.3, -0.25) is 0 Å². The van der Waals surface area contributed by atoms with Gasteiger partial charge in [-0.25, -0.2) is 0 Å². The molecule has 2 nitrogen and oxygen atoms in total. The van der Waals surface area contributed by atoms with Crippen molar-refractivity contribution in [1.29, 1.82) is 0 Å². The summed E-state index contributed by atoms with van der Waals surface area (Å²) in [7, 11) is 1.71. The van der Waals surface area contributed by atoms with Crippen molar-refractivity contribution in [1.82, 2.24) is 5.32 Å². The highest BCUT2D eigenvalue weighted by molar-refractivity contribution is 5.24. The van der Waals surface area contributed by atoms with Crippen LogP contribution < -0.4 is 5.32 Å². The van der Waals surface area contributed by atoms with Gasteiger partial charge in [-0.2, -0.15) is 13.2 Å². The molecule has 2 unspecified atom stereocenters. The van der Waals surface area contributed by atoms with E-state index in [1.165, 1.54) is 0 Å². The zero-order valence-corrected chi connectivity index (χ0v) is 10.7. The molecule has 1 N–H and O–H groups in total. The van der Waals surface area contributed by atoms with Gasteiger partial charge in [0.05, 0.1) is 12.1 Å². The quantitative estimate of drug-likeness (QED) is 0.878. The van der Waals surface area contributed by atoms with Gasteiger partial charge in [0.15, 0.2) is 0 Å². The molecule has 0 saturated carbocycles. The van der Waals surface area contributed by atoms with Gasteiger partial charge in [-0.05, 0) is 26.5 Å². The van der Waals surface area contributed by atoms with Crippen LogP contribution in [0.3, 0.4) is 0 Å². The molecule has 0 fully saturated rings. The lowest BCUT2D eigenvalue weighted by Gasteiger charge is -2.25. The lowest BCUT2D eigenvalue weighted by atomic mass is 10.0. The van der Waals surface area contributed by atoms with Crippen LogP contribution in [-0.2, 0) is 4.74 Å². The van der Waals surface area contributed by atoms with Gasteiger partial charge < -0.3 is 10.1 Å². The van der Waals surface area contributed by atoms with Crippen LogP contribution in [0.4, 0.5) is 13.2 Å². The van der Waals surface area contributed by atoms with Crippen molar-refractivity contribution in [3.63, 3.8) is 0 Å². The predicted octanol–water partition coefficient (Wildman–Crippen LogP) is 3.22. The van der Waals surface area contributed by atoms with Gasteiger partial charge in [0.2, 0.25) is 0 Å². The number of benzene rings is 1. The number of hydrogen-bond acceptors (Lipinski definition) is 2. The van der Waals surface area contributed by atoms with E-state index in [2.05, 4.69) is 5.32 Å². The summed E-state index contributed by atoms with van der Waals surface area (Å²) >= 11 is 0. The fourth-order valence-corrected chi connectivity index (χ4v) is 1.77. The number of alkyl halides is 3. The van der Waals surface area contributed by atoms with E-state index in [0.717, 1.165) is 11.1 Å². The van der Waals surface area contributed by atoms with Crippen LogP contribution in [0.5, 0.6) is 0 Å². The Hall–Kier alpha value is -1.07. The van der Waals surface area contributed by atoms with E-state index in [4.69, 9.17) is 4.74 Å². The Morgan fingerprint density at radius 1 is 1.22 bits per heavy atom. The fourth-order valence-electron chi connectivity index (χ4n) is 1.77. The Morgan fingerprint density at radius 3 is 2.22 bits per heavy atom. The highest BCUT2D eigenvalue weighted by Crippen LogP contribution is 2.22. The minimum absolute atomic E-state index is 0.257. The Balaban J connectivity index is 2.68. The molecule has 0 bridgehead atoms. The monoisotopic (exact) mass is 261 g/mol. The summed E-state index contributed by atoms with van der Waals surface area (Å²) in [5.41, 5.74) is 2.02. The summed E-state index contributed by atoms with van der Waals surface area (Å²) < 4.78 is 41.1. The van der Waals surface area contributed by atoms with Crippen LogP contribution in [-0.4, -0.2) is 25.9 Å². The molecular weight excluding hydrogens is 243 g/mol. The molecule has 0 aliphatic rings. The lowest BCUT2D eigenvalue weighted by Crippen LogP contribution is -2.32. The summed E-state index contributed by atoms with van der Waals surface area (Å²) in [6.07, 6.45) is -4.85. The average Bonchev–Trinajstić information content (AvgIpc) is 2.29. The zero-order valence-electron chi connectivity index (χ0n) is 10.7. The molecule has 5 heteroatoms. The van der Waals surface area contributed by atoms with Gasteiger partial charge in [0.25, 0.3) is 0 Å². The number of likely N-dealkylation sites (N-methyl/N-ethyl adjacent to an activating group) is 1. The molecule has 0 aliphatic heterocycles. The van der Waals surface area contributed by atoms with Crippen molar-refractivity contribution < 1.29 is 17.9 Å². The van der Waals surface area contributed by atoms with Crippen molar-refractivity contribution in [2.24, 2.45) is 0 Å². The Morgan fingerprint density at radius 2 is 1.78 bits per heavy atom. The number of rotatable bonds is 5. The summed E-state index contributed by atoms with van der Waals surface area (Å²) in [5, 5.41) is 2.98. The maximum absolute atomic E-state index is 12.1. The molecular formula is C13H18F3NO. The van der Waals surface area contributed by atoms with Crippen molar-refractivity contribution in [2.75, 3.05) is 13.7 Å². The number of aryl methyl sites for hydroxylation is 1. The van der Waals surface area contributed by atoms with E-state index in [9.17, 15) is 13.2 Å². The minimum Gasteiger partial charge on any atom is -0.367 e. The molecule has 1 aromatic rings. The zero-order chi connectivity index (χ0) is 13.8. The summed E-state index contributed by atoms with van der Waals surface area (Å²) in [6, 6.07) is 7.38. The highest BCUT2D eigenvalue weighted by atomic mass is 19.4. The summed E-state index contributed by atoms with van der Waals surface area (Å²) in [5.74, 6) is 0. The van der Waals surface area contributed by atoms with E-state index in [0.29, 0.717) is 0 Å². The molecule has 0 aliphatic carbocycles. The van der Waals surface area contributed by atoms with Crippen LogP contribution in [0.25, 0.3) is 0 Å². The van der Waals surface area contributed by atoms with Crippen molar-refractivity contribution in [3.05, 3.63) is 35.4 Å². The third-order valence-corrected chi connectivity index (χ3v) is 2.73. The van der Waals surface area contributed by atoms with Gasteiger partial charge >= 0.3 is 6.18 Å². The summed E-state index contributed by atoms with van der Waals surface area (Å²) in [6.45, 7) is 2.37. The predicted molar refractivity (Wildman–Crippen MR) is 64.4 cm³/mol. The molecule has 1 aromatic carbocycles. The first-order valence-electron chi connectivity index (χ1n) is 5.75. The Kier molecular flexibility index (Phi) is 5.16. The smallest absolute Gasteiger partial charge is 0.367 e. The second-order valence-corrected chi connectivity index (χ2v) is 4.31. The van der Waals surface area contributed by atoms with E-state index in [-0.39, 0.29) is 6.04 Å². The molecule has 2 atom stereocenters. The van der Waals surface area contributed by atoms with Crippen LogP contribution in [0.15, 0.2) is 24.3 Å². The van der Waals surface area contributed by atoms with Crippen LogP contribution in [0.2, 0.25) is 0 Å². The first-order valence-corrected chi connectivity index (χ1v) is 5.75. The molecule has 0 heterocycles. The molecule has 18 heavy (non-hydrogen) atoms. The van der Waals surface area contributed by atoms with Gasteiger partial charge in [-0.15, -0.1) is 0 Å². The molecule has 0 spiro atoms. The maximum Gasteiger partial charge on any atom is 0.411 e. The second kappa shape index (κ2) is 6.20. The minimum atomic E-state index is -4.29. The molecule has 102 valence electrons. The average molecular weight is 261 g/mol. The topological polar surface area (TPSA) is 21.3 Å². The maximum atomic E-state index is 12.1. The van der Waals surface area contributed by atoms with E-state index < -0.39 is 18.9 Å². The number of hydrogen-bond donors (Lipinski definition) is 1. The van der Waals surface area contributed by atoms with Crippen molar-refractivity contribution in [2.45, 2.75) is 32.2 Å². The van der Waals surface area contributed by atoms with Crippen LogP contribution in [0.1, 0.15) is 24.1 Å². The van der Waals surface area contributed by atoms with Gasteiger partial charge in [0.1, 0.15) is 6.61 Å². The molecule has 0 saturated heterocycles. The van der Waals surface area contributed by atoms with E-state index >= 15 is 0 Å². The third kappa shape index (κ3) is 4.66. The number of nitrogens with one attached hydrogen (secondary N) is 1. The van der Waals surface area contributed by atoms with E-state index in [1.54, 1.807) is 14.0 Å². The molecule has 0 radical (unpaired) electrons. The van der Waals surface area contributed by atoms with Gasteiger partial charge in [-0.1, -0.05) is 29.8 Å². The van der Waals surface area contributed by atoms with Crippen LogP contribution in [0, 0.1) is 6.92 Å². The highest BCUT2D eigenvalue weighted by Gasteiger charge is 2.30. The number of ether oxygens (including phenoxy) is 1. The normalized spacial score (nSPS) is 15.4. The molecule has 0 amide bonds. The molecule has 1 rings (SSSR count). The first-order chi connectivity index (χ1) is 8.33. The molecule has 0 aromatic heterocycles.